The molecule has 16 heavy (non-hydrogen) atoms. The number of allylic oxidation sites excluding steroid dienone is 1. The maximum absolute atomic E-state index is 11.5. The van der Waals surface area contributed by atoms with Crippen LogP contribution in [0.1, 0.15) is 26.2 Å². The number of ether oxygens (including phenoxy) is 1. The minimum absolute atomic E-state index is 0.215. The molecule has 2 N–H and O–H groups in total. The minimum atomic E-state index is -0.996. The Morgan fingerprint density at radius 1 is 1.44 bits per heavy atom. The molecule has 1 amide bonds. The summed E-state index contributed by atoms with van der Waals surface area (Å²) in [5.41, 5.74) is 0. The van der Waals surface area contributed by atoms with Crippen LogP contribution in [0, 0.1) is 0 Å². The summed E-state index contributed by atoms with van der Waals surface area (Å²) >= 11 is 0. The van der Waals surface area contributed by atoms with Gasteiger partial charge in [-0.2, -0.15) is 0 Å². The van der Waals surface area contributed by atoms with Gasteiger partial charge < -0.3 is 15.2 Å². The summed E-state index contributed by atoms with van der Waals surface area (Å²) in [4.78, 5) is 22.1. The number of carbonyl (C=O) groups is 2. The number of hydrogen-bond donors (Lipinski definition) is 2. The van der Waals surface area contributed by atoms with Gasteiger partial charge in [0.05, 0.1) is 0 Å². The van der Waals surface area contributed by atoms with Crippen molar-refractivity contribution in [2.24, 2.45) is 0 Å². The van der Waals surface area contributed by atoms with Crippen molar-refractivity contribution in [2.45, 2.75) is 38.4 Å². The van der Waals surface area contributed by atoms with Gasteiger partial charge in [0.1, 0.15) is 6.10 Å². The van der Waals surface area contributed by atoms with E-state index in [0.29, 0.717) is 19.4 Å². The van der Waals surface area contributed by atoms with E-state index >= 15 is 0 Å². The van der Waals surface area contributed by atoms with E-state index in [2.05, 4.69) is 5.32 Å². The number of rotatable bonds is 5. The van der Waals surface area contributed by atoms with Gasteiger partial charge in [-0.05, 0) is 26.2 Å². The molecular formula is C11H17NO4. The van der Waals surface area contributed by atoms with E-state index in [1.54, 1.807) is 0 Å². The van der Waals surface area contributed by atoms with Crippen LogP contribution in [0.4, 0.5) is 0 Å². The topological polar surface area (TPSA) is 75.6 Å². The fraction of sp³-hybridized carbons (Fsp3) is 0.636. The second kappa shape index (κ2) is 6.27. The highest BCUT2D eigenvalue weighted by Crippen LogP contribution is 2.19. The molecule has 0 aliphatic carbocycles. The molecule has 1 heterocycles. The zero-order valence-corrected chi connectivity index (χ0v) is 9.31. The first-order valence-electron chi connectivity index (χ1n) is 5.42. The largest absolute Gasteiger partial charge is 0.479 e. The highest BCUT2D eigenvalue weighted by atomic mass is 16.5. The normalized spacial score (nSPS) is 24.8. The number of carboxylic acid groups (broad SMARTS) is 1. The first-order chi connectivity index (χ1) is 7.65. The lowest BCUT2D eigenvalue weighted by Gasteiger charge is -2.10. The Balaban J connectivity index is 2.25. The van der Waals surface area contributed by atoms with E-state index in [0.717, 1.165) is 6.42 Å². The van der Waals surface area contributed by atoms with E-state index in [1.165, 1.54) is 0 Å². The van der Waals surface area contributed by atoms with E-state index < -0.39 is 18.2 Å². The lowest BCUT2D eigenvalue weighted by atomic mass is 10.2. The molecule has 5 heteroatoms. The van der Waals surface area contributed by atoms with E-state index in [9.17, 15) is 9.59 Å². The number of aliphatic carboxylic acids is 1. The minimum Gasteiger partial charge on any atom is -0.479 e. The summed E-state index contributed by atoms with van der Waals surface area (Å²) in [6, 6.07) is 0. The summed E-state index contributed by atoms with van der Waals surface area (Å²) in [5.74, 6) is -1.21. The second-order valence-electron chi connectivity index (χ2n) is 3.68. The molecule has 90 valence electrons. The fourth-order valence-corrected chi connectivity index (χ4v) is 1.57. The van der Waals surface area contributed by atoms with Gasteiger partial charge >= 0.3 is 5.97 Å². The molecule has 0 saturated carbocycles. The highest BCUT2D eigenvalue weighted by Gasteiger charge is 2.34. The predicted molar refractivity (Wildman–Crippen MR) is 58.0 cm³/mol. The molecule has 5 nitrogen and oxygen atoms in total. The first kappa shape index (κ1) is 12.7. The van der Waals surface area contributed by atoms with Crippen LogP contribution in [0.3, 0.4) is 0 Å². The summed E-state index contributed by atoms with van der Waals surface area (Å²) in [7, 11) is 0. The fourth-order valence-electron chi connectivity index (χ4n) is 1.57. The third kappa shape index (κ3) is 3.66. The Bertz CT molecular complexity index is 288. The molecule has 0 unspecified atom stereocenters. The maximum atomic E-state index is 11.5. The van der Waals surface area contributed by atoms with Crippen molar-refractivity contribution in [3.05, 3.63) is 12.2 Å². The average Bonchev–Trinajstić information content (AvgIpc) is 2.73. The zero-order chi connectivity index (χ0) is 12.0. The SMILES string of the molecule is C/C=C/CCNC(=O)[C@@H]1CC[C@H](C(=O)O)O1. The van der Waals surface area contributed by atoms with Gasteiger partial charge in [-0.15, -0.1) is 0 Å². The number of carboxylic acids is 1. The molecule has 1 aliphatic rings. The number of carbonyl (C=O) groups excluding carboxylic acids is 1. The third-order valence-electron chi connectivity index (χ3n) is 2.43. The van der Waals surface area contributed by atoms with Crippen LogP contribution in [-0.2, 0) is 14.3 Å². The molecule has 1 rings (SSSR count). The van der Waals surface area contributed by atoms with Crippen LogP contribution >= 0.6 is 0 Å². The Morgan fingerprint density at radius 2 is 2.12 bits per heavy atom. The van der Waals surface area contributed by atoms with Crippen LogP contribution in [-0.4, -0.2) is 35.7 Å². The molecule has 2 atom stereocenters. The van der Waals surface area contributed by atoms with Crippen molar-refractivity contribution in [3.63, 3.8) is 0 Å². The molecule has 0 aromatic carbocycles. The van der Waals surface area contributed by atoms with Crippen molar-refractivity contribution in [2.75, 3.05) is 6.54 Å². The lowest BCUT2D eigenvalue weighted by Crippen LogP contribution is -2.35. The van der Waals surface area contributed by atoms with Gasteiger partial charge in [0, 0.05) is 6.54 Å². The van der Waals surface area contributed by atoms with Crippen molar-refractivity contribution in [1.29, 1.82) is 0 Å². The number of hydrogen-bond acceptors (Lipinski definition) is 3. The second-order valence-corrected chi connectivity index (χ2v) is 3.68. The molecule has 0 radical (unpaired) electrons. The average molecular weight is 227 g/mol. The van der Waals surface area contributed by atoms with Gasteiger partial charge in [0.2, 0.25) is 5.91 Å². The number of amides is 1. The lowest BCUT2D eigenvalue weighted by molar-refractivity contribution is -0.151. The van der Waals surface area contributed by atoms with Crippen LogP contribution < -0.4 is 5.32 Å². The van der Waals surface area contributed by atoms with Crippen molar-refractivity contribution < 1.29 is 19.4 Å². The molecule has 1 aliphatic heterocycles. The van der Waals surface area contributed by atoms with Crippen molar-refractivity contribution in [3.8, 4) is 0 Å². The van der Waals surface area contributed by atoms with Gasteiger partial charge in [0.15, 0.2) is 6.10 Å². The zero-order valence-electron chi connectivity index (χ0n) is 9.31. The standard InChI is InChI=1S/C11H17NO4/c1-2-3-4-7-12-10(13)8-5-6-9(16-8)11(14)15/h2-3,8-9H,4-7H2,1H3,(H,12,13)(H,14,15)/b3-2+/t8-,9+/m0/s1. The Morgan fingerprint density at radius 3 is 2.69 bits per heavy atom. The summed E-state index contributed by atoms with van der Waals surface area (Å²) < 4.78 is 5.11. The van der Waals surface area contributed by atoms with E-state index in [1.807, 2.05) is 19.1 Å². The van der Waals surface area contributed by atoms with E-state index in [-0.39, 0.29) is 5.91 Å². The van der Waals surface area contributed by atoms with Crippen LogP contribution in [0.25, 0.3) is 0 Å². The van der Waals surface area contributed by atoms with Crippen LogP contribution in [0.15, 0.2) is 12.2 Å². The van der Waals surface area contributed by atoms with Crippen LogP contribution in [0.2, 0.25) is 0 Å². The molecule has 0 spiro atoms. The Kier molecular flexibility index (Phi) is 4.98. The molecule has 0 aromatic rings. The van der Waals surface area contributed by atoms with E-state index in [4.69, 9.17) is 9.84 Å². The maximum Gasteiger partial charge on any atom is 0.332 e. The Labute approximate surface area is 94.5 Å². The van der Waals surface area contributed by atoms with Gasteiger partial charge in [-0.3, -0.25) is 4.79 Å². The molecule has 1 fully saturated rings. The summed E-state index contributed by atoms with van der Waals surface area (Å²) in [6.45, 7) is 2.47. The highest BCUT2D eigenvalue weighted by molar-refractivity contribution is 5.82. The molecular weight excluding hydrogens is 210 g/mol. The van der Waals surface area contributed by atoms with Crippen molar-refractivity contribution >= 4 is 11.9 Å². The molecule has 0 bridgehead atoms. The first-order valence-corrected chi connectivity index (χ1v) is 5.42. The van der Waals surface area contributed by atoms with Crippen molar-refractivity contribution in [1.82, 2.24) is 5.32 Å². The summed E-state index contributed by atoms with van der Waals surface area (Å²) in [5, 5.41) is 11.4. The summed E-state index contributed by atoms with van der Waals surface area (Å²) in [6.07, 6.45) is 4.10. The monoisotopic (exact) mass is 227 g/mol. The quantitative estimate of drug-likeness (QED) is 0.535. The third-order valence-corrected chi connectivity index (χ3v) is 2.43. The molecule has 0 aromatic heterocycles. The predicted octanol–water partition coefficient (Wildman–Crippen LogP) is 0.701. The smallest absolute Gasteiger partial charge is 0.332 e. The Hall–Kier alpha value is -1.36. The van der Waals surface area contributed by atoms with Gasteiger partial charge in [0.25, 0.3) is 0 Å². The van der Waals surface area contributed by atoms with Gasteiger partial charge in [-0.25, -0.2) is 4.79 Å². The van der Waals surface area contributed by atoms with Gasteiger partial charge in [-0.1, -0.05) is 12.2 Å². The number of nitrogens with one attached hydrogen (secondary N) is 1. The molecule has 1 saturated heterocycles. The van der Waals surface area contributed by atoms with Crippen LogP contribution in [0.5, 0.6) is 0 Å².